The summed E-state index contributed by atoms with van der Waals surface area (Å²) in [6.45, 7) is 3.74. The van der Waals surface area contributed by atoms with Gasteiger partial charge in [-0.15, -0.1) is 11.3 Å². The van der Waals surface area contributed by atoms with Crippen LogP contribution in [0.4, 0.5) is 16.2 Å². The number of anilines is 1. The maximum absolute atomic E-state index is 12.8. The summed E-state index contributed by atoms with van der Waals surface area (Å²) in [6.07, 6.45) is 0.546. The number of hydrogen-bond acceptors (Lipinski definition) is 10. The number of aryl methyl sites for hydroxylation is 1. The maximum atomic E-state index is 12.8. The minimum absolute atomic E-state index is 0.112. The summed E-state index contributed by atoms with van der Waals surface area (Å²) in [4.78, 5) is 53.9. The molecule has 14 heteroatoms. The molecule has 0 aliphatic carbocycles. The average Bonchev–Trinajstić information content (AvgIpc) is 3.47. The zero-order valence-corrected chi connectivity index (χ0v) is 27.5. The van der Waals surface area contributed by atoms with E-state index < -0.39 is 23.0 Å². The van der Waals surface area contributed by atoms with Crippen molar-refractivity contribution in [3.05, 3.63) is 123 Å². The van der Waals surface area contributed by atoms with Gasteiger partial charge in [0.2, 0.25) is 5.91 Å². The van der Waals surface area contributed by atoms with Crippen molar-refractivity contribution < 1.29 is 24.0 Å². The molecule has 0 unspecified atom stereocenters. The van der Waals surface area contributed by atoms with Crippen LogP contribution < -0.4 is 16.1 Å². The van der Waals surface area contributed by atoms with E-state index in [9.17, 15) is 24.5 Å². The first-order valence-electron chi connectivity index (χ1n) is 14.7. The predicted molar refractivity (Wildman–Crippen MR) is 186 cm³/mol. The van der Waals surface area contributed by atoms with Gasteiger partial charge >= 0.3 is 6.09 Å². The lowest BCUT2D eigenvalue weighted by Crippen LogP contribution is -2.33. The molecule has 5 rings (SSSR count). The Hall–Kier alpha value is -5.60. The molecule has 1 aromatic heterocycles. The zero-order valence-electron chi connectivity index (χ0n) is 25.8. The lowest BCUT2D eigenvalue weighted by atomic mass is 10.0. The number of fused-ring (bicyclic) bond motifs is 1. The first kappa shape index (κ1) is 33.8. The minimum atomic E-state index is -0.649. The number of carbonyl (C=O) groups is 3. The van der Waals surface area contributed by atoms with Gasteiger partial charge < -0.3 is 15.4 Å². The van der Waals surface area contributed by atoms with Gasteiger partial charge in [-0.2, -0.15) is 5.10 Å². The Bertz CT molecular complexity index is 2000. The van der Waals surface area contributed by atoms with E-state index in [1.54, 1.807) is 61.5 Å². The number of benzene rings is 4. The van der Waals surface area contributed by atoms with E-state index in [4.69, 9.17) is 4.74 Å². The number of carbonyl (C=O) groups excluding carboxylic acids is 3. The van der Waals surface area contributed by atoms with Gasteiger partial charge in [0.15, 0.2) is 4.34 Å². The third-order valence-corrected chi connectivity index (χ3v) is 9.10. The smallest absolute Gasteiger partial charge is 0.407 e. The number of hydrogen-bond donors (Lipinski definition) is 3. The number of ether oxygens (including phenoxy) is 1. The number of amides is 3. The first-order chi connectivity index (χ1) is 23.2. The van der Waals surface area contributed by atoms with Crippen molar-refractivity contribution in [1.29, 1.82) is 0 Å². The third kappa shape index (κ3) is 8.80. The Balaban J connectivity index is 1.24. The number of aromatic nitrogens is 1. The number of nitro groups is 1. The molecular formula is C34H30N6O6S2. The quantitative estimate of drug-likeness (QED) is 0.0704. The summed E-state index contributed by atoms with van der Waals surface area (Å²) in [5.41, 5.74) is 6.14. The predicted octanol–water partition coefficient (Wildman–Crippen LogP) is 7.24. The third-order valence-electron chi connectivity index (χ3n) is 6.96. The second-order valence-electron chi connectivity index (χ2n) is 10.3. The highest BCUT2D eigenvalue weighted by molar-refractivity contribution is 8.01. The largest absolute Gasteiger partial charge is 0.450 e. The highest BCUT2D eigenvalue weighted by Gasteiger charge is 2.20. The number of thiazole rings is 1. The molecule has 48 heavy (non-hydrogen) atoms. The van der Waals surface area contributed by atoms with Gasteiger partial charge in [0, 0.05) is 22.9 Å². The Morgan fingerprint density at radius 1 is 1.04 bits per heavy atom. The number of nitrogens with one attached hydrogen (secondary N) is 3. The van der Waals surface area contributed by atoms with Crippen LogP contribution in [-0.2, 0) is 9.53 Å². The fourth-order valence-corrected chi connectivity index (χ4v) is 6.80. The topological polar surface area (TPSA) is 165 Å². The highest BCUT2D eigenvalue weighted by atomic mass is 32.2. The van der Waals surface area contributed by atoms with Crippen molar-refractivity contribution in [3.63, 3.8) is 0 Å². The van der Waals surface area contributed by atoms with E-state index >= 15 is 0 Å². The van der Waals surface area contributed by atoms with Gasteiger partial charge in [-0.3, -0.25) is 19.7 Å². The monoisotopic (exact) mass is 682 g/mol. The van der Waals surface area contributed by atoms with Crippen LogP contribution in [0.2, 0.25) is 0 Å². The number of hydrazone groups is 1. The molecular weight excluding hydrogens is 653 g/mol. The van der Waals surface area contributed by atoms with Gasteiger partial charge in [-0.05, 0) is 55.3 Å². The van der Waals surface area contributed by atoms with Crippen LogP contribution in [0.15, 0.2) is 105 Å². The molecule has 0 bridgehead atoms. The summed E-state index contributed by atoms with van der Waals surface area (Å²) < 4.78 is 6.36. The SMILES string of the molecule is CCOC(=O)N[C@H](CC(=O)N/N=C\c1ccc(Sc2nc3ccc(NC(=O)c4ccccc4C)cc3s2)c([N+](=O)[O-])c1)c1ccccc1. The first-order valence-corrected chi connectivity index (χ1v) is 16.4. The Labute approximate surface area is 283 Å². The number of alkyl carbamates (subject to hydrolysis) is 1. The van der Waals surface area contributed by atoms with Crippen molar-refractivity contribution in [2.75, 3.05) is 11.9 Å². The molecule has 1 heterocycles. The van der Waals surface area contributed by atoms with Crippen molar-refractivity contribution in [2.24, 2.45) is 5.10 Å². The summed E-state index contributed by atoms with van der Waals surface area (Å²) in [7, 11) is 0. The molecule has 5 aromatic rings. The van der Waals surface area contributed by atoms with E-state index in [0.717, 1.165) is 22.0 Å². The number of rotatable bonds is 12. The Morgan fingerprint density at radius 3 is 2.56 bits per heavy atom. The number of nitrogens with zero attached hydrogens (tertiary/aromatic N) is 3. The van der Waals surface area contributed by atoms with E-state index in [2.05, 4.69) is 26.1 Å². The van der Waals surface area contributed by atoms with Crippen molar-refractivity contribution in [2.45, 2.75) is 35.5 Å². The molecule has 3 N–H and O–H groups in total. The zero-order chi connectivity index (χ0) is 34.0. The lowest BCUT2D eigenvalue weighted by molar-refractivity contribution is -0.387. The van der Waals surface area contributed by atoms with Crippen molar-refractivity contribution in [3.8, 4) is 0 Å². The molecule has 1 atom stereocenters. The molecule has 0 saturated heterocycles. The molecule has 0 aliphatic rings. The molecule has 4 aromatic carbocycles. The van der Waals surface area contributed by atoms with Gasteiger partial charge in [-0.1, -0.05) is 66.4 Å². The van der Waals surface area contributed by atoms with Crippen molar-refractivity contribution >= 4 is 68.8 Å². The number of nitro benzene ring substituents is 1. The van der Waals surface area contributed by atoms with Crippen molar-refractivity contribution in [1.82, 2.24) is 15.7 Å². The molecule has 0 radical (unpaired) electrons. The van der Waals surface area contributed by atoms with E-state index in [1.165, 1.54) is 23.6 Å². The van der Waals surface area contributed by atoms with E-state index in [0.29, 0.717) is 37.1 Å². The van der Waals surface area contributed by atoms with Gasteiger partial charge in [0.05, 0.1) is 45.3 Å². The minimum Gasteiger partial charge on any atom is -0.450 e. The molecule has 0 saturated carbocycles. The standard InChI is InChI=1S/C34H30N6O6S2/c1-3-46-33(43)37-27(23-10-5-4-6-11-23)19-31(41)39-35-20-22-13-16-29(28(17-22)40(44)45)47-34-38-26-15-14-24(18-30(26)48-34)36-32(42)25-12-8-7-9-21(25)2/h4-18,20,27H,3,19H2,1-2H3,(H,36,42)(H,37,43)(H,39,41)/b35-20-/t27-/m1/s1. The summed E-state index contributed by atoms with van der Waals surface area (Å²) in [5, 5.41) is 21.5. The fourth-order valence-electron chi connectivity index (χ4n) is 4.65. The molecule has 0 aliphatic heterocycles. The van der Waals surface area contributed by atoms with Crippen LogP contribution >= 0.6 is 23.1 Å². The van der Waals surface area contributed by atoms with Gasteiger partial charge in [-0.25, -0.2) is 15.2 Å². The summed E-state index contributed by atoms with van der Waals surface area (Å²) in [5.74, 6) is -0.694. The van der Waals surface area contributed by atoms with E-state index in [1.807, 2.05) is 37.3 Å². The molecule has 12 nitrogen and oxygen atoms in total. The van der Waals surface area contributed by atoms with Crippen LogP contribution in [0.5, 0.6) is 0 Å². The van der Waals surface area contributed by atoms with Crippen LogP contribution in [-0.4, -0.2) is 40.6 Å². The van der Waals surface area contributed by atoms with Gasteiger partial charge in [0.25, 0.3) is 11.6 Å². The van der Waals surface area contributed by atoms with Gasteiger partial charge in [0.1, 0.15) is 0 Å². The maximum Gasteiger partial charge on any atom is 0.407 e. The molecule has 0 fully saturated rings. The Morgan fingerprint density at radius 2 is 1.81 bits per heavy atom. The fraction of sp³-hybridized carbons (Fsp3) is 0.147. The van der Waals surface area contributed by atoms with Crippen LogP contribution in [0.3, 0.4) is 0 Å². The second-order valence-corrected chi connectivity index (χ2v) is 12.7. The van der Waals surface area contributed by atoms with Crippen LogP contribution in [0, 0.1) is 17.0 Å². The Kier molecular flexibility index (Phi) is 11.1. The van der Waals surface area contributed by atoms with Crippen LogP contribution in [0.1, 0.15) is 46.4 Å². The lowest BCUT2D eigenvalue weighted by Gasteiger charge is -2.18. The second kappa shape index (κ2) is 15.8. The summed E-state index contributed by atoms with van der Waals surface area (Å²) in [6, 6.07) is 25.6. The van der Waals surface area contributed by atoms with E-state index in [-0.39, 0.29) is 24.6 Å². The molecule has 3 amide bonds. The molecule has 244 valence electrons. The molecule has 0 spiro atoms. The highest BCUT2D eigenvalue weighted by Crippen LogP contribution is 2.39. The average molecular weight is 683 g/mol. The normalized spacial score (nSPS) is 11.6. The summed E-state index contributed by atoms with van der Waals surface area (Å²) >= 11 is 2.51. The van der Waals surface area contributed by atoms with Crippen LogP contribution in [0.25, 0.3) is 10.2 Å².